The first-order valence-corrected chi connectivity index (χ1v) is 8.64. The van der Waals surface area contributed by atoms with Crippen LogP contribution in [0.5, 0.6) is 0 Å². The Labute approximate surface area is 157 Å². The fourth-order valence-corrected chi connectivity index (χ4v) is 3.64. The SMILES string of the molecule is CC[C@H]1CN(c2ccc(Cl)c(C(F)(F)F)c2)C(=O)[C@@H]1c1ccc(F)c(F)c1. The second-order valence-electron chi connectivity index (χ2n) is 6.43. The van der Waals surface area contributed by atoms with E-state index in [1.807, 2.05) is 6.92 Å². The maximum absolute atomic E-state index is 13.6. The van der Waals surface area contributed by atoms with Crippen molar-refractivity contribution in [3.63, 3.8) is 0 Å². The summed E-state index contributed by atoms with van der Waals surface area (Å²) >= 11 is 5.64. The van der Waals surface area contributed by atoms with Crippen LogP contribution in [0, 0.1) is 17.6 Å². The van der Waals surface area contributed by atoms with Crippen molar-refractivity contribution in [1.82, 2.24) is 0 Å². The van der Waals surface area contributed by atoms with Crippen LogP contribution in [-0.4, -0.2) is 12.5 Å². The minimum atomic E-state index is -4.65. The molecule has 8 heteroatoms. The fourth-order valence-electron chi connectivity index (χ4n) is 3.42. The van der Waals surface area contributed by atoms with E-state index in [4.69, 9.17) is 11.6 Å². The van der Waals surface area contributed by atoms with Gasteiger partial charge in [-0.3, -0.25) is 4.79 Å². The van der Waals surface area contributed by atoms with Crippen molar-refractivity contribution in [2.45, 2.75) is 25.4 Å². The van der Waals surface area contributed by atoms with E-state index in [2.05, 4.69) is 0 Å². The van der Waals surface area contributed by atoms with Crippen molar-refractivity contribution >= 4 is 23.2 Å². The number of carbonyl (C=O) groups is 1. The Morgan fingerprint density at radius 3 is 2.41 bits per heavy atom. The van der Waals surface area contributed by atoms with Gasteiger partial charge in [0.1, 0.15) is 0 Å². The van der Waals surface area contributed by atoms with Crippen molar-refractivity contribution < 1.29 is 26.7 Å². The second kappa shape index (κ2) is 7.11. The molecule has 1 heterocycles. The van der Waals surface area contributed by atoms with Crippen molar-refractivity contribution in [1.29, 1.82) is 0 Å². The molecule has 1 fully saturated rings. The maximum Gasteiger partial charge on any atom is 0.417 e. The van der Waals surface area contributed by atoms with Crippen molar-refractivity contribution in [2.75, 3.05) is 11.4 Å². The van der Waals surface area contributed by atoms with Crippen LogP contribution in [0.1, 0.15) is 30.4 Å². The number of alkyl halides is 3. The summed E-state index contributed by atoms with van der Waals surface area (Å²) in [5.41, 5.74) is -0.655. The van der Waals surface area contributed by atoms with Gasteiger partial charge in [0, 0.05) is 12.2 Å². The lowest BCUT2D eigenvalue weighted by Crippen LogP contribution is -2.26. The third-order valence-electron chi connectivity index (χ3n) is 4.81. The van der Waals surface area contributed by atoms with E-state index in [1.165, 1.54) is 17.0 Å². The van der Waals surface area contributed by atoms with Gasteiger partial charge in [0.25, 0.3) is 0 Å². The van der Waals surface area contributed by atoms with Gasteiger partial charge in [-0.25, -0.2) is 8.78 Å². The number of benzene rings is 2. The summed E-state index contributed by atoms with van der Waals surface area (Å²) in [7, 11) is 0. The van der Waals surface area contributed by atoms with E-state index in [0.29, 0.717) is 12.0 Å². The fraction of sp³-hybridized carbons (Fsp3) is 0.316. The minimum absolute atomic E-state index is 0.0697. The highest BCUT2D eigenvalue weighted by atomic mass is 35.5. The van der Waals surface area contributed by atoms with Gasteiger partial charge in [-0.2, -0.15) is 13.2 Å². The summed E-state index contributed by atoms with van der Waals surface area (Å²) in [5.74, 6) is -3.55. The molecule has 0 N–H and O–H groups in total. The zero-order valence-corrected chi connectivity index (χ0v) is 14.9. The summed E-state index contributed by atoms with van der Waals surface area (Å²) < 4.78 is 66.2. The maximum atomic E-state index is 13.6. The summed E-state index contributed by atoms with van der Waals surface area (Å²) in [6.07, 6.45) is -4.11. The molecule has 2 aromatic rings. The number of amides is 1. The molecule has 2 aromatic carbocycles. The zero-order chi connectivity index (χ0) is 19.9. The van der Waals surface area contributed by atoms with Gasteiger partial charge in [-0.05, 0) is 41.8 Å². The highest BCUT2D eigenvalue weighted by molar-refractivity contribution is 6.31. The lowest BCUT2D eigenvalue weighted by atomic mass is 9.87. The third-order valence-corrected chi connectivity index (χ3v) is 5.14. The number of nitrogens with zero attached hydrogens (tertiary/aromatic N) is 1. The van der Waals surface area contributed by atoms with Crippen molar-refractivity contribution in [3.8, 4) is 0 Å². The van der Waals surface area contributed by atoms with E-state index in [9.17, 15) is 26.7 Å². The zero-order valence-electron chi connectivity index (χ0n) is 14.2. The lowest BCUT2D eigenvalue weighted by Gasteiger charge is -2.19. The third kappa shape index (κ3) is 3.65. The topological polar surface area (TPSA) is 20.3 Å². The molecule has 2 atom stereocenters. The van der Waals surface area contributed by atoms with Crippen LogP contribution in [0.25, 0.3) is 0 Å². The average Bonchev–Trinajstić information content (AvgIpc) is 2.93. The molecular weight excluding hydrogens is 389 g/mol. The quantitative estimate of drug-likeness (QED) is 0.594. The number of carbonyl (C=O) groups excluding carboxylic acids is 1. The van der Waals surface area contributed by atoms with E-state index in [-0.39, 0.29) is 18.2 Å². The Balaban J connectivity index is 1.99. The van der Waals surface area contributed by atoms with Gasteiger partial charge >= 0.3 is 6.18 Å². The van der Waals surface area contributed by atoms with E-state index >= 15 is 0 Å². The monoisotopic (exact) mass is 403 g/mol. The molecule has 1 aliphatic heterocycles. The Morgan fingerprint density at radius 2 is 1.81 bits per heavy atom. The number of halogens is 6. The van der Waals surface area contributed by atoms with Crippen LogP contribution < -0.4 is 4.90 Å². The molecule has 1 amide bonds. The van der Waals surface area contributed by atoms with Crippen molar-refractivity contribution in [3.05, 3.63) is 64.2 Å². The standard InChI is InChI=1S/C19H15ClF5NO/c1-2-10-9-26(12-4-5-14(20)13(8-12)19(23,24)25)18(27)17(10)11-3-6-15(21)16(22)7-11/h3-8,10,17H,2,9H2,1H3/t10-,17-/m0/s1. The normalized spacial score (nSPS) is 20.4. The van der Waals surface area contributed by atoms with Crippen molar-refractivity contribution in [2.24, 2.45) is 5.92 Å². The van der Waals surface area contributed by atoms with Crippen LogP contribution in [0.2, 0.25) is 5.02 Å². The average molecular weight is 404 g/mol. The molecule has 0 aliphatic carbocycles. The smallest absolute Gasteiger partial charge is 0.312 e. The highest BCUT2D eigenvalue weighted by Crippen LogP contribution is 2.41. The van der Waals surface area contributed by atoms with Gasteiger partial charge in [-0.1, -0.05) is 31.0 Å². The number of hydrogen-bond donors (Lipinski definition) is 0. The Hall–Kier alpha value is -2.15. The molecule has 144 valence electrons. The Bertz CT molecular complexity index is 883. The molecule has 0 radical (unpaired) electrons. The molecule has 0 bridgehead atoms. The van der Waals surface area contributed by atoms with E-state index in [0.717, 1.165) is 24.3 Å². The van der Waals surface area contributed by atoms with Crippen LogP contribution >= 0.6 is 11.6 Å². The molecule has 27 heavy (non-hydrogen) atoms. The summed E-state index contributed by atoms with van der Waals surface area (Å²) in [5, 5.41) is -0.456. The van der Waals surface area contributed by atoms with E-state index in [1.54, 1.807) is 0 Å². The minimum Gasteiger partial charge on any atom is -0.312 e. The van der Waals surface area contributed by atoms with Gasteiger partial charge in [0.2, 0.25) is 5.91 Å². The molecule has 0 aromatic heterocycles. The first-order valence-electron chi connectivity index (χ1n) is 8.26. The largest absolute Gasteiger partial charge is 0.417 e. The molecule has 3 rings (SSSR count). The number of hydrogen-bond acceptors (Lipinski definition) is 1. The predicted molar refractivity (Wildman–Crippen MR) is 91.7 cm³/mol. The lowest BCUT2D eigenvalue weighted by molar-refractivity contribution is -0.137. The molecule has 1 saturated heterocycles. The molecule has 0 saturated carbocycles. The number of anilines is 1. The molecule has 0 unspecified atom stereocenters. The van der Waals surface area contributed by atoms with Crippen LogP contribution in [0.4, 0.5) is 27.6 Å². The predicted octanol–water partition coefficient (Wildman–Crippen LogP) is 5.79. The van der Waals surface area contributed by atoms with Gasteiger partial charge < -0.3 is 4.90 Å². The highest BCUT2D eigenvalue weighted by Gasteiger charge is 2.42. The summed E-state index contributed by atoms with van der Waals surface area (Å²) in [6, 6.07) is 6.51. The van der Waals surface area contributed by atoms with Gasteiger partial charge in [-0.15, -0.1) is 0 Å². The molecular formula is C19H15ClF5NO. The Kier molecular flexibility index (Phi) is 5.16. The first-order chi connectivity index (χ1) is 12.6. The molecule has 2 nitrogen and oxygen atoms in total. The second-order valence-corrected chi connectivity index (χ2v) is 6.84. The van der Waals surface area contributed by atoms with Crippen LogP contribution in [0.3, 0.4) is 0 Å². The van der Waals surface area contributed by atoms with Crippen LogP contribution in [0.15, 0.2) is 36.4 Å². The van der Waals surface area contributed by atoms with Gasteiger partial charge in [0.05, 0.1) is 16.5 Å². The first kappa shape index (κ1) is 19.6. The van der Waals surface area contributed by atoms with Gasteiger partial charge in [0.15, 0.2) is 11.6 Å². The summed E-state index contributed by atoms with van der Waals surface area (Å²) in [6.45, 7) is 2.01. The molecule has 0 spiro atoms. The Morgan fingerprint density at radius 1 is 1.11 bits per heavy atom. The van der Waals surface area contributed by atoms with Crippen LogP contribution in [-0.2, 0) is 11.0 Å². The summed E-state index contributed by atoms with van der Waals surface area (Å²) in [4.78, 5) is 14.2. The number of rotatable bonds is 3. The molecule has 1 aliphatic rings. The van der Waals surface area contributed by atoms with E-state index < -0.39 is 40.2 Å².